The number of aromatic nitrogens is 6. The number of benzene rings is 1. The molecule has 0 radical (unpaired) electrons. The van der Waals surface area contributed by atoms with Crippen molar-refractivity contribution in [2.45, 2.75) is 24.9 Å². The van der Waals surface area contributed by atoms with E-state index in [-0.39, 0.29) is 18.0 Å². The summed E-state index contributed by atoms with van der Waals surface area (Å²) in [6.07, 6.45) is 7.34. The summed E-state index contributed by atoms with van der Waals surface area (Å²) in [5.41, 5.74) is 5.04. The zero-order valence-electron chi connectivity index (χ0n) is 16.2. The largest absolute Gasteiger partial charge is 0.352 e. The minimum absolute atomic E-state index is 0.0920. The van der Waals surface area contributed by atoms with Crippen molar-refractivity contribution >= 4 is 33.9 Å². The van der Waals surface area contributed by atoms with Crippen LogP contribution >= 0.6 is 0 Å². The molecule has 0 aliphatic carbocycles. The summed E-state index contributed by atoms with van der Waals surface area (Å²) in [6.45, 7) is 0.671. The summed E-state index contributed by atoms with van der Waals surface area (Å²) in [5.74, 6) is 0.915. The van der Waals surface area contributed by atoms with Crippen LogP contribution in [0, 0.1) is 0 Å². The summed E-state index contributed by atoms with van der Waals surface area (Å²) in [7, 11) is 3.88. The van der Waals surface area contributed by atoms with Crippen molar-refractivity contribution in [2.24, 2.45) is 14.1 Å². The predicted molar refractivity (Wildman–Crippen MR) is 108 cm³/mol. The van der Waals surface area contributed by atoms with E-state index in [0.29, 0.717) is 6.54 Å². The van der Waals surface area contributed by atoms with Gasteiger partial charge in [0.05, 0.1) is 35.2 Å². The number of carbonyl (C=O) groups excluding carboxylic acids is 1. The number of aryl methyl sites for hydroxylation is 2. The van der Waals surface area contributed by atoms with Crippen LogP contribution in [0.15, 0.2) is 30.7 Å². The Morgan fingerprint density at radius 3 is 2.83 bits per heavy atom. The first-order valence-electron chi connectivity index (χ1n) is 9.77. The summed E-state index contributed by atoms with van der Waals surface area (Å²) in [5, 5.41) is 7.24. The Bertz CT molecular complexity index is 1290. The average molecular weight is 388 g/mol. The van der Waals surface area contributed by atoms with Crippen molar-refractivity contribution < 1.29 is 4.79 Å². The van der Waals surface area contributed by atoms with Crippen LogP contribution in [0.1, 0.15) is 12.8 Å². The Balaban J connectivity index is 1.55. The highest BCUT2D eigenvalue weighted by Gasteiger charge is 2.43. The van der Waals surface area contributed by atoms with E-state index < -0.39 is 0 Å². The Morgan fingerprint density at radius 2 is 2.00 bits per heavy atom. The molecule has 0 unspecified atom stereocenters. The molecule has 2 fully saturated rings. The molecule has 9 nitrogen and oxygen atoms in total. The van der Waals surface area contributed by atoms with Crippen LogP contribution in [0.25, 0.3) is 33.3 Å². The average Bonchev–Trinajstić information content (AvgIpc) is 3.39. The zero-order valence-corrected chi connectivity index (χ0v) is 16.2. The number of rotatable bonds is 2. The van der Waals surface area contributed by atoms with Gasteiger partial charge < -0.3 is 14.8 Å². The van der Waals surface area contributed by atoms with Crippen LogP contribution in [-0.4, -0.2) is 53.8 Å². The number of nitrogens with one attached hydrogen (secondary N) is 1. The molecule has 146 valence electrons. The number of imidazole rings is 1. The highest BCUT2D eigenvalue weighted by atomic mass is 16.2. The molecule has 5 heterocycles. The van der Waals surface area contributed by atoms with E-state index in [2.05, 4.69) is 24.9 Å². The van der Waals surface area contributed by atoms with Gasteiger partial charge in [-0.1, -0.05) is 0 Å². The highest BCUT2D eigenvalue weighted by molar-refractivity contribution is 6.02. The second-order valence-corrected chi connectivity index (χ2v) is 7.83. The lowest BCUT2D eigenvalue weighted by Gasteiger charge is -2.34. The van der Waals surface area contributed by atoms with Crippen LogP contribution in [0.2, 0.25) is 0 Å². The van der Waals surface area contributed by atoms with Gasteiger partial charge in [-0.3, -0.25) is 14.5 Å². The molecule has 1 aromatic carbocycles. The van der Waals surface area contributed by atoms with Crippen molar-refractivity contribution in [3.8, 4) is 11.3 Å². The number of carbonyl (C=O) groups is 1. The maximum atomic E-state index is 12.4. The molecule has 0 saturated carbocycles. The lowest BCUT2D eigenvalue weighted by atomic mass is 10.2. The molecule has 4 aromatic rings. The van der Waals surface area contributed by atoms with Gasteiger partial charge in [0.25, 0.3) is 0 Å². The molecule has 2 aliphatic rings. The lowest BCUT2D eigenvalue weighted by Crippen LogP contribution is -2.56. The molecule has 6 rings (SSSR count). The first-order valence-corrected chi connectivity index (χ1v) is 9.77. The Morgan fingerprint density at radius 1 is 1.10 bits per heavy atom. The van der Waals surface area contributed by atoms with Crippen molar-refractivity contribution in [3.63, 3.8) is 0 Å². The number of nitrogens with zero attached hydrogens (tertiary/aromatic N) is 7. The van der Waals surface area contributed by atoms with Crippen LogP contribution in [0.4, 0.5) is 5.95 Å². The third-order valence-corrected chi connectivity index (χ3v) is 6.09. The van der Waals surface area contributed by atoms with Crippen LogP contribution in [-0.2, 0) is 18.9 Å². The fourth-order valence-corrected chi connectivity index (χ4v) is 4.62. The van der Waals surface area contributed by atoms with Gasteiger partial charge in [-0.25, -0.2) is 9.97 Å². The second-order valence-electron chi connectivity index (χ2n) is 7.83. The molecular formula is C20H20N8O. The number of hydrogen-bond donors (Lipinski definition) is 1. The fourth-order valence-electron chi connectivity index (χ4n) is 4.62. The van der Waals surface area contributed by atoms with Crippen LogP contribution in [0.5, 0.6) is 0 Å². The van der Waals surface area contributed by atoms with Gasteiger partial charge in [0.15, 0.2) is 0 Å². The Hall–Kier alpha value is -3.49. The number of fused-ring (bicyclic) bond motifs is 5. The SMILES string of the molecule is Cn1cc(-c2cnc3ccc4c(nc(N5[C@@H]6CC[C@H]5C(=O)NC6)n4C)c3n2)cn1. The molecule has 1 N–H and O–H groups in total. The van der Waals surface area contributed by atoms with Gasteiger partial charge in [-0.2, -0.15) is 5.10 Å². The predicted octanol–water partition coefficient (Wildman–Crippen LogP) is 1.38. The van der Waals surface area contributed by atoms with E-state index in [0.717, 1.165) is 52.1 Å². The smallest absolute Gasteiger partial charge is 0.242 e. The molecular weight excluding hydrogens is 368 g/mol. The van der Waals surface area contributed by atoms with Crippen LogP contribution in [0.3, 0.4) is 0 Å². The molecule has 3 aromatic heterocycles. The van der Waals surface area contributed by atoms with E-state index >= 15 is 0 Å². The van der Waals surface area contributed by atoms with E-state index in [1.54, 1.807) is 17.1 Å². The van der Waals surface area contributed by atoms with Crippen molar-refractivity contribution in [3.05, 3.63) is 30.7 Å². The van der Waals surface area contributed by atoms with Gasteiger partial charge in [-0.15, -0.1) is 0 Å². The maximum Gasteiger partial charge on any atom is 0.242 e. The second kappa shape index (κ2) is 5.76. The number of anilines is 1. The first-order chi connectivity index (χ1) is 14.1. The Kier molecular flexibility index (Phi) is 3.27. The Labute approximate surface area is 166 Å². The first kappa shape index (κ1) is 16.5. The van der Waals surface area contributed by atoms with Crippen molar-refractivity contribution in [2.75, 3.05) is 11.4 Å². The van der Waals surface area contributed by atoms with Gasteiger partial charge >= 0.3 is 0 Å². The van der Waals surface area contributed by atoms with Crippen molar-refractivity contribution in [1.82, 2.24) is 34.6 Å². The fraction of sp³-hybridized carbons (Fsp3) is 0.350. The molecule has 0 spiro atoms. The summed E-state index contributed by atoms with van der Waals surface area (Å²) >= 11 is 0. The molecule has 2 atom stereocenters. The van der Waals surface area contributed by atoms with Gasteiger partial charge in [0.1, 0.15) is 17.1 Å². The summed E-state index contributed by atoms with van der Waals surface area (Å²) < 4.78 is 3.81. The zero-order chi connectivity index (χ0) is 19.7. The van der Waals surface area contributed by atoms with Gasteiger partial charge in [0, 0.05) is 32.4 Å². The molecule has 2 aliphatic heterocycles. The third-order valence-electron chi connectivity index (χ3n) is 6.09. The maximum absolute atomic E-state index is 12.4. The highest BCUT2D eigenvalue weighted by Crippen LogP contribution is 2.35. The number of hydrogen-bond acceptors (Lipinski definition) is 6. The molecule has 2 saturated heterocycles. The molecule has 2 bridgehead atoms. The van der Waals surface area contributed by atoms with Crippen LogP contribution < -0.4 is 10.2 Å². The monoisotopic (exact) mass is 388 g/mol. The van der Waals surface area contributed by atoms with E-state index in [1.807, 2.05) is 32.4 Å². The van der Waals surface area contributed by atoms with Gasteiger partial charge in [0.2, 0.25) is 11.9 Å². The van der Waals surface area contributed by atoms with E-state index in [9.17, 15) is 4.79 Å². The quantitative estimate of drug-likeness (QED) is 0.558. The van der Waals surface area contributed by atoms with E-state index in [4.69, 9.17) is 9.97 Å². The van der Waals surface area contributed by atoms with Gasteiger partial charge in [-0.05, 0) is 25.0 Å². The minimum atomic E-state index is -0.146. The number of piperazine rings is 1. The summed E-state index contributed by atoms with van der Waals surface area (Å²) in [6, 6.07) is 4.14. The normalized spacial score (nSPS) is 21.3. The third kappa shape index (κ3) is 2.30. The van der Waals surface area contributed by atoms with Crippen molar-refractivity contribution in [1.29, 1.82) is 0 Å². The standard InChI is InChI=1S/C20H20N8O/c1-26-10-11(7-23-26)14-9-21-13-4-6-15-18(17(13)24-14)25-20(27(15)2)28-12-3-5-16(28)19(29)22-8-12/h4,6-7,9-10,12,16H,3,5,8H2,1-2H3,(H,22,29)/t12-,16+/m1/s1. The summed E-state index contributed by atoms with van der Waals surface area (Å²) in [4.78, 5) is 29.0. The van der Waals surface area contributed by atoms with E-state index in [1.165, 1.54) is 0 Å². The topological polar surface area (TPSA) is 93.8 Å². The lowest BCUT2D eigenvalue weighted by molar-refractivity contribution is -0.122. The molecule has 29 heavy (non-hydrogen) atoms. The molecule has 1 amide bonds. The molecule has 9 heteroatoms. The number of amides is 1. The minimum Gasteiger partial charge on any atom is -0.352 e.